The van der Waals surface area contributed by atoms with Crippen LogP contribution in [0, 0.1) is 0 Å². The zero-order chi connectivity index (χ0) is 12.9. The van der Waals surface area contributed by atoms with E-state index in [1.165, 1.54) is 12.8 Å². The van der Waals surface area contributed by atoms with Crippen molar-refractivity contribution in [3.63, 3.8) is 0 Å². The van der Waals surface area contributed by atoms with Crippen molar-refractivity contribution in [2.75, 3.05) is 19.6 Å². The highest BCUT2D eigenvalue weighted by atomic mass is 16.1. The van der Waals surface area contributed by atoms with Crippen LogP contribution in [0.15, 0.2) is 0 Å². The molecule has 0 aromatic carbocycles. The van der Waals surface area contributed by atoms with Gasteiger partial charge < -0.3 is 16.0 Å². The molecular weight excluding hydrogens is 214 g/mol. The van der Waals surface area contributed by atoms with Gasteiger partial charge in [0, 0.05) is 6.04 Å². The molecule has 0 aliphatic heterocycles. The van der Waals surface area contributed by atoms with Crippen LogP contribution in [0.1, 0.15) is 46.5 Å². The fourth-order valence-electron chi connectivity index (χ4n) is 2.36. The summed E-state index contributed by atoms with van der Waals surface area (Å²) in [5, 5.41) is 3.20. The van der Waals surface area contributed by atoms with Crippen molar-refractivity contribution in [1.29, 1.82) is 0 Å². The molecule has 0 heterocycles. The number of nitrogens with two attached hydrogens (primary N) is 1. The Morgan fingerprint density at radius 2 is 2.12 bits per heavy atom. The first-order valence-corrected chi connectivity index (χ1v) is 6.82. The van der Waals surface area contributed by atoms with Crippen molar-refractivity contribution in [2.24, 2.45) is 5.73 Å². The molecule has 0 spiro atoms. The Morgan fingerprint density at radius 3 is 2.53 bits per heavy atom. The highest BCUT2D eigenvalue weighted by molar-refractivity contribution is 5.84. The van der Waals surface area contributed by atoms with Crippen LogP contribution in [-0.4, -0.2) is 42.0 Å². The molecule has 0 radical (unpaired) electrons. The predicted octanol–water partition coefficient (Wildman–Crippen LogP) is 1.10. The van der Waals surface area contributed by atoms with Crippen LogP contribution >= 0.6 is 0 Å². The molecule has 1 aliphatic carbocycles. The van der Waals surface area contributed by atoms with E-state index in [2.05, 4.69) is 17.1 Å². The summed E-state index contributed by atoms with van der Waals surface area (Å²) in [6.45, 7) is 9.08. The van der Waals surface area contributed by atoms with Crippen LogP contribution in [0.5, 0.6) is 0 Å². The lowest BCUT2D eigenvalue weighted by Gasteiger charge is -2.28. The quantitative estimate of drug-likeness (QED) is 0.635. The highest BCUT2D eigenvalue weighted by Crippen LogP contribution is 2.27. The van der Waals surface area contributed by atoms with Gasteiger partial charge in [0.2, 0.25) is 5.91 Å². The number of amides is 1. The molecule has 0 aromatic heterocycles. The van der Waals surface area contributed by atoms with Crippen molar-refractivity contribution < 1.29 is 4.79 Å². The standard InChI is InChI=1S/C13H27N3O/c1-4-15-13(3,12(14)17)9-6-10-16(5-2)11-7-8-11/h11,15H,4-10H2,1-3H3,(H2,14,17). The molecule has 1 rings (SSSR count). The maximum atomic E-state index is 11.4. The topological polar surface area (TPSA) is 58.4 Å². The second-order valence-corrected chi connectivity index (χ2v) is 5.19. The lowest BCUT2D eigenvalue weighted by molar-refractivity contribution is -0.124. The van der Waals surface area contributed by atoms with Crippen LogP contribution in [0.25, 0.3) is 0 Å². The molecule has 1 saturated carbocycles. The summed E-state index contributed by atoms with van der Waals surface area (Å²) >= 11 is 0. The SMILES string of the molecule is CCNC(C)(CCCN(CC)C1CC1)C(N)=O. The molecule has 1 fully saturated rings. The molecule has 4 nitrogen and oxygen atoms in total. The Bertz CT molecular complexity index is 253. The van der Waals surface area contributed by atoms with E-state index in [1.54, 1.807) is 0 Å². The number of likely N-dealkylation sites (N-methyl/N-ethyl adjacent to an activating group) is 1. The van der Waals surface area contributed by atoms with Crippen LogP contribution in [-0.2, 0) is 4.79 Å². The average molecular weight is 241 g/mol. The Kier molecular flexibility index (Phi) is 5.40. The van der Waals surface area contributed by atoms with Gasteiger partial charge in [-0.05, 0) is 52.2 Å². The summed E-state index contributed by atoms with van der Waals surface area (Å²) in [6.07, 6.45) is 4.53. The smallest absolute Gasteiger partial charge is 0.237 e. The van der Waals surface area contributed by atoms with Crippen LogP contribution in [0.4, 0.5) is 0 Å². The van der Waals surface area contributed by atoms with Crippen LogP contribution < -0.4 is 11.1 Å². The maximum Gasteiger partial charge on any atom is 0.237 e. The summed E-state index contributed by atoms with van der Waals surface area (Å²) < 4.78 is 0. The van der Waals surface area contributed by atoms with Gasteiger partial charge in [-0.15, -0.1) is 0 Å². The molecule has 1 amide bonds. The fourth-order valence-corrected chi connectivity index (χ4v) is 2.36. The number of hydrogen-bond acceptors (Lipinski definition) is 3. The lowest BCUT2D eigenvalue weighted by Crippen LogP contribution is -2.53. The van der Waals surface area contributed by atoms with Crippen molar-refractivity contribution >= 4 is 5.91 Å². The molecule has 1 unspecified atom stereocenters. The summed E-state index contributed by atoms with van der Waals surface area (Å²) in [7, 11) is 0. The number of nitrogens with zero attached hydrogens (tertiary/aromatic N) is 1. The number of nitrogens with one attached hydrogen (secondary N) is 1. The van der Waals surface area contributed by atoms with Gasteiger partial charge in [-0.2, -0.15) is 0 Å². The molecule has 0 saturated heterocycles. The highest BCUT2D eigenvalue weighted by Gasteiger charge is 2.31. The van der Waals surface area contributed by atoms with Crippen molar-refractivity contribution in [1.82, 2.24) is 10.2 Å². The number of hydrogen-bond donors (Lipinski definition) is 2. The van der Waals surface area contributed by atoms with Crippen molar-refractivity contribution in [3.8, 4) is 0 Å². The molecule has 17 heavy (non-hydrogen) atoms. The van der Waals surface area contributed by atoms with E-state index in [0.29, 0.717) is 0 Å². The van der Waals surface area contributed by atoms with E-state index >= 15 is 0 Å². The zero-order valence-corrected chi connectivity index (χ0v) is 11.5. The minimum absolute atomic E-state index is 0.242. The van der Waals surface area contributed by atoms with Crippen LogP contribution in [0.3, 0.4) is 0 Å². The Morgan fingerprint density at radius 1 is 1.47 bits per heavy atom. The van der Waals surface area contributed by atoms with Gasteiger partial charge in [-0.1, -0.05) is 13.8 Å². The van der Waals surface area contributed by atoms with Gasteiger partial charge in [0.1, 0.15) is 0 Å². The molecule has 0 aromatic rings. The van der Waals surface area contributed by atoms with Gasteiger partial charge in [0.15, 0.2) is 0 Å². The number of carbonyl (C=O) groups is 1. The van der Waals surface area contributed by atoms with Gasteiger partial charge in [0.25, 0.3) is 0 Å². The summed E-state index contributed by atoms with van der Waals surface area (Å²) in [4.78, 5) is 14.0. The molecule has 4 heteroatoms. The molecule has 3 N–H and O–H groups in total. The fraction of sp³-hybridized carbons (Fsp3) is 0.923. The van der Waals surface area contributed by atoms with Gasteiger partial charge >= 0.3 is 0 Å². The first kappa shape index (κ1) is 14.5. The van der Waals surface area contributed by atoms with Crippen LogP contribution in [0.2, 0.25) is 0 Å². The summed E-state index contributed by atoms with van der Waals surface area (Å²) in [5.74, 6) is -0.242. The molecule has 1 aliphatic rings. The zero-order valence-electron chi connectivity index (χ0n) is 11.5. The van der Waals surface area contributed by atoms with Gasteiger partial charge in [0.05, 0.1) is 5.54 Å². The van der Waals surface area contributed by atoms with E-state index in [9.17, 15) is 4.79 Å². The van der Waals surface area contributed by atoms with Crippen molar-refractivity contribution in [2.45, 2.75) is 58.0 Å². The second-order valence-electron chi connectivity index (χ2n) is 5.19. The maximum absolute atomic E-state index is 11.4. The minimum atomic E-state index is -0.544. The van der Waals surface area contributed by atoms with E-state index in [0.717, 1.165) is 38.5 Å². The molecular formula is C13H27N3O. The van der Waals surface area contributed by atoms with E-state index < -0.39 is 5.54 Å². The van der Waals surface area contributed by atoms with E-state index in [-0.39, 0.29) is 5.91 Å². The number of primary amides is 1. The number of carbonyl (C=O) groups excluding carboxylic acids is 1. The molecule has 0 bridgehead atoms. The van der Waals surface area contributed by atoms with Gasteiger partial charge in [-0.25, -0.2) is 0 Å². The first-order valence-electron chi connectivity index (χ1n) is 6.82. The van der Waals surface area contributed by atoms with Gasteiger partial charge in [-0.3, -0.25) is 4.79 Å². The second kappa shape index (κ2) is 6.36. The predicted molar refractivity (Wildman–Crippen MR) is 70.8 cm³/mol. The summed E-state index contributed by atoms with van der Waals surface area (Å²) in [6, 6.07) is 0.805. The minimum Gasteiger partial charge on any atom is -0.368 e. The largest absolute Gasteiger partial charge is 0.368 e. The normalized spacial score (nSPS) is 19.3. The first-order chi connectivity index (χ1) is 8.03. The molecule has 1 atom stereocenters. The Balaban J connectivity index is 2.33. The number of rotatable bonds is 9. The van der Waals surface area contributed by atoms with Crippen molar-refractivity contribution in [3.05, 3.63) is 0 Å². The monoisotopic (exact) mass is 241 g/mol. The van der Waals surface area contributed by atoms with E-state index in [4.69, 9.17) is 5.73 Å². The molecule has 100 valence electrons. The third-order valence-corrected chi connectivity index (χ3v) is 3.70. The lowest BCUT2D eigenvalue weighted by atomic mass is 9.94. The Hall–Kier alpha value is -0.610. The average Bonchev–Trinajstić information content (AvgIpc) is 3.08. The van der Waals surface area contributed by atoms with E-state index in [1.807, 2.05) is 13.8 Å². The summed E-state index contributed by atoms with van der Waals surface area (Å²) in [5.41, 5.74) is 4.92. The third-order valence-electron chi connectivity index (χ3n) is 3.70. The third kappa shape index (κ3) is 4.28. The Labute approximate surface area is 105 Å².